The summed E-state index contributed by atoms with van der Waals surface area (Å²) in [7, 11) is 0. The van der Waals surface area contributed by atoms with Crippen LogP contribution in [0.25, 0.3) is 0 Å². The van der Waals surface area contributed by atoms with Crippen molar-refractivity contribution in [2.75, 3.05) is 0 Å². The van der Waals surface area contributed by atoms with Crippen molar-refractivity contribution < 1.29 is 15.1 Å². The summed E-state index contributed by atoms with van der Waals surface area (Å²) in [5, 5.41) is 13.6. The van der Waals surface area contributed by atoms with E-state index in [9.17, 15) is 4.79 Å². The lowest BCUT2D eigenvalue weighted by molar-refractivity contribution is -0.742. The van der Waals surface area contributed by atoms with Gasteiger partial charge in [0.05, 0.1) is 0 Å². The molecule has 0 saturated carbocycles. The molecule has 1 amide bonds. The Morgan fingerprint density at radius 3 is 2.00 bits per heavy atom. The maximum absolute atomic E-state index is 9.47. The van der Waals surface area contributed by atoms with Gasteiger partial charge in [-0.05, 0) is 6.08 Å². The van der Waals surface area contributed by atoms with Crippen LogP contribution >= 0.6 is 0 Å². The van der Waals surface area contributed by atoms with Crippen LogP contribution in [0.1, 0.15) is 0 Å². The molecule has 0 bridgehead atoms. The predicted molar refractivity (Wildman–Crippen MR) is 28.2 cm³/mol. The van der Waals surface area contributed by atoms with Crippen LogP contribution in [0.4, 0.5) is 0 Å². The molecule has 0 unspecified atom stereocenters. The molecular formula is C3H6N2O4. The van der Waals surface area contributed by atoms with E-state index in [1.54, 1.807) is 0 Å². The van der Waals surface area contributed by atoms with Crippen molar-refractivity contribution in [3.8, 4) is 0 Å². The molecular weight excluding hydrogens is 128 g/mol. The van der Waals surface area contributed by atoms with E-state index in [-0.39, 0.29) is 0 Å². The Bertz CT molecular complexity index is 117. The number of primary amides is 1. The minimum Gasteiger partial charge on any atom is -0.366 e. The Morgan fingerprint density at radius 1 is 1.89 bits per heavy atom. The number of rotatable bonds is 1. The first-order chi connectivity index (χ1) is 4.00. The maximum atomic E-state index is 9.47. The zero-order valence-electron chi connectivity index (χ0n) is 4.48. The second-order valence-electron chi connectivity index (χ2n) is 0.844. The topological polar surface area (TPSA) is 106 Å². The van der Waals surface area contributed by atoms with Gasteiger partial charge >= 0.3 is 0 Å². The molecule has 0 aliphatic carbocycles. The monoisotopic (exact) mass is 134 g/mol. The molecule has 0 spiro atoms. The van der Waals surface area contributed by atoms with Crippen LogP contribution in [-0.2, 0) is 4.79 Å². The number of nitrogens with zero attached hydrogens (tertiary/aromatic N) is 1. The SMILES string of the molecule is C=CC(N)=O.O=[N+]([O-])O. The highest BCUT2D eigenvalue weighted by molar-refractivity contribution is 5.84. The lowest BCUT2D eigenvalue weighted by Crippen LogP contribution is -2.04. The molecule has 0 aliphatic rings. The van der Waals surface area contributed by atoms with Crippen molar-refractivity contribution in [2.24, 2.45) is 5.73 Å². The van der Waals surface area contributed by atoms with Gasteiger partial charge < -0.3 is 10.9 Å². The van der Waals surface area contributed by atoms with Crippen molar-refractivity contribution in [3.63, 3.8) is 0 Å². The first-order valence-corrected chi connectivity index (χ1v) is 1.75. The fraction of sp³-hybridized carbons (Fsp3) is 0. The van der Waals surface area contributed by atoms with Gasteiger partial charge in [0.1, 0.15) is 0 Å². The van der Waals surface area contributed by atoms with E-state index in [1.807, 2.05) is 0 Å². The van der Waals surface area contributed by atoms with Crippen LogP contribution in [-0.4, -0.2) is 16.2 Å². The zero-order chi connectivity index (χ0) is 7.86. The molecule has 6 heteroatoms. The number of amides is 1. The minimum absolute atomic E-state index is 0.481. The first-order valence-electron chi connectivity index (χ1n) is 1.75. The fourth-order valence-electron chi connectivity index (χ4n) is 0. The highest BCUT2D eigenvalue weighted by atomic mass is 16.9. The molecule has 0 aromatic carbocycles. The molecule has 9 heavy (non-hydrogen) atoms. The van der Waals surface area contributed by atoms with E-state index >= 15 is 0 Å². The third-order valence-electron chi connectivity index (χ3n) is 0.201. The van der Waals surface area contributed by atoms with Crippen LogP contribution in [0.3, 0.4) is 0 Å². The Kier molecular flexibility index (Phi) is 7.41. The van der Waals surface area contributed by atoms with Gasteiger partial charge in [-0.15, -0.1) is 10.1 Å². The fourth-order valence-corrected chi connectivity index (χ4v) is 0. The first kappa shape index (κ1) is 10.4. The molecule has 0 radical (unpaired) electrons. The number of carbonyl (C=O) groups is 1. The van der Waals surface area contributed by atoms with Crippen LogP contribution in [0.2, 0.25) is 0 Å². The van der Waals surface area contributed by atoms with Crippen molar-refractivity contribution in [2.45, 2.75) is 0 Å². The lowest BCUT2D eigenvalue weighted by atomic mass is 10.6. The van der Waals surface area contributed by atoms with Crippen molar-refractivity contribution >= 4 is 5.91 Å². The average Bonchev–Trinajstić information content (AvgIpc) is 1.65. The van der Waals surface area contributed by atoms with Crippen LogP contribution < -0.4 is 5.73 Å². The van der Waals surface area contributed by atoms with Gasteiger partial charge in [-0.3, -0.25) is 4.79 Å². The van der Waals surface area contributed by atoms with Gasteiger partial charge in [-0.25, -0.2) is 0 Å². The molecule has 3 N–H and O–H groups in total. The number of nitrogens with two attached hydrogens (primary N) is 1. The third-order valence-corrected chi connectivity index (χ3v) is 0.201. The molecule has 0 rings (SSSR count). The minimum atomic E-state index is -1.50. The second kappa shape index (κ2) is 6.41. The van der Waals surface area contributed by atoms with Crippen molar-refractivity contribution in [1.82, 2.24) is 0 Å². The quantitative estimate of drug-likeness (QED) is 0.281. The number of carbonyl (C=O) groups excluding carboxylic acids is 1. The standard InChI is InChI=1S/C3H5NO.HNO3/c1-2-3(4)5;2-1(3)4/h2H,1H2,(H2,4,5);(H,2,3,4). The predicted octanol–water partition coefficient (Wildman–Crippen LogP) is -0.690. The van der Waals surface area contributed by atoms with Crippen LogP contribution in [0, 0.1) is 10.1 Å². The van der Waals surface area contributed by atoms with Gasteiger partial charge in [-0.1, -0.05) is 6.58 Å². The number of hydrogen-bond acceptors (Lipinski definition) is 3. The summed E-state index contributed by atoms with van der Waals surface area (Å²) < 4.78 is 0. The molecule has 52 valence electrons. The van der Waals surface area contributed by atoms with Gasteiger partial charge in [0.2, 0.25) is 5.91 Å². The summed E-state index contributed by atoms with van der Waals surface area (Å²) in [5.41, 5.74) is 4.53. The Hall–Kier alpha value is -1.59. The number of hydrogen-bond donors (Lipinski definition) is 2. The highest BCUT2D eigenvalue weighted by Gasteiger charge is 1.69. The summed E-state index contributed by atoms with van der Waals surface area (Å²) >= 11 is 0. The third kappa shape index (κ3) is 742. The Morgan fingerprint density at radius 2 is 2.00 bits per heavy atom. The Balaban J connectivity index is 0. The molecule has 0 saturated heterocycles. The van der Waals surface area contributed by atoms with Gasteiger partial charge in [0.15, 0.2) is 0 Å². The normalized spacial score (nSPS) is 6.22. The van der Waals surface area contributed by atoms with E-state index in [0.717, 1.165) is 6.08 Å². The van der Waals surface area contributed by atoms with Gasteiger partial charge in [0, 0.05) is 0 Å². The molecule has 0 aromatic rings. The molecule has 0 fully saturated rings. The van der Waals surface area contributed by atoms with E-state index in [0.29, 0.717) is 0 Å². The van der Waals surface area contributed by atoms with Crippen LogP contribution in [0.15, 0.2) is 12.7 Å². The summed E-state index contributed by atoms with van der Waals surface area (Å²) in [6.45, 7) is 3.09. The van der Waals surface area contributed by atoms with E-state index in [4.69, 9.17) is 15.3 Å². The second-order valence-corrected chi connectivity index (χ2v) is 0.844. The molecule has 0 aromatic heterocycles. The van der Waals surface area contributed by atoms with E-state index < -0.39 is 11.0 Å². The van der Waals surface area contributed by atoms with Crippen molar-refractivity contribution in [1.29, 1.82) is 0 Å². The largest absolute Gasteiger partial charge is 0.366 e. The molecule has 0 atom stereocenters. The zero-order valence-corrected chi connectivity index (χ0v) is 4.48. The smallest absolute Gasteiger partial charge is 0.291 e. The summed E-state index contributed by atoms with van der Waals surface area (Å²) in [6, 6.07) is 0. The van der Waals surface area contributed by atoms with Crippen LogP contribution in [0.5, 0.6) is 0 Å². The average molecular weight is 134 g/mol. The lowest BCUT2D eigenvalue weighted by Gasteiger charge is -1.65. The van der Waals surface area contributed by atoms with Gasteiger partial charge in [-0.2, -0.15) is 0 Å². The summed E-state index contributed by atoms with van der Waals surface area (Å²) in [6.07, 6.45) is 1.06. The summed E-state index contributed by atoms with van der Waals surface area (Å²) in [5.74, 6) is -0.481. The molecule has 0 aliphatic heterocycles. The van der Waals surface area contributed by atoms with Gasteiger partial charge in [0.25, 0.3) is 5.09 Å². The van der Waals surface area contributed by atoms with Crippen molar-refractivity contribution in [3.05, 3.63) is 22.8 Å². The highest BCUT2D eigenvalue weighted by Crippen LogP contribution is 1.48. The molecule has 0 heterocycles. The maximum Gasteiger partial charge on any atom is 0.291 e. The Labute approximate surface area is 50.7 Å². The molecule has 6 nitrogen and oxygen atoms in total. The summed E-state index contributed by atoms with van der Waals surface area (Å²) in [4.78, 5) is 17.8. The van der Waals surface area contributed by atoms with E-state index in [2.05, 4.69) is 12.3 Å². The van der Waals surface area contributed by atoms with E-state index in [1.165, 1.54) is 0 Å².